The first-order valence-corrected chi connectivity index (χ1v) is 6.31. The second kappa shape index (κ2) is 10.5. The third-order valence-electron chi connectivity index (χ3n) is 2.31. The number of methoxy groups -OCH3 is 2. The second-order valence-corrected chi connectivity index (χ2v) is 4.48. The Labute approximate surface area is 134 Å². The maximum absolute atomic E-state index is 12.8. The predicted octanol–water partition coefficient (Wildman–Crippen LogP) is 5.79. The lowest BCUT2D eigenvalue weighted by Gasteiger charge is -2.08. The Balaban J connectivity index is 0. The molecular formula is C17H22F4O2. The zero-order valence-corrected chi connectivity index (χ0v) is 13.8. The van der Waals surface area contributed by atoms with Gasteiger partial charge in [-0.3, -0.25) is 0 Å². The number of halogens is 4. The molecule has 6 heteroatoms. The summed E-state index contributed by atoms with van der Waals surface area (Å²) in [5.74, 6) is -6.03. The van der Waals surface area contributed by atoms with Crippen molar-refractivity contribution >= 4 is 0 Å². The molecule has 23 heavy (non-hydrogen) atoms. The molecule has 0 aromatic carbocycles. The number of allylic oxidation sites excluding steroid dienone is 6. The minimum absolute atomic E-state index is 0.194. The standard InChI is InChI=1S/C9H12F2.C8H10F2O2/c1-7(2)5-6-8(3)9(4,10)11;1-5(11-3)7(9)8(10)6(2)12-4/h5-6H,1,3H2,2,4H3;1-2H2,3-4H3/b6-5-;8-7-. The molecule has 0 N–H and O–H groups in total. The van der Waals surface area contributed by atoms with Gasteiger partial charge in [0, 0.05) is 12.5 Å². The number of ether oxygens (including phenoxy) is 2. The van der Waals surface area contributed by atoms with E-state index in [0.29, 0.717) is 0 Å². The van der Waals surface area contributed by atoms with Crippen LogP contribution in [0.4, 0.5) is 17.6 Å². The van der Waals surface area contributed by atoms with Gasteiger partial charge in [0.15, 0.2) is 11.5 Å². The van der Waals surface area contributed by atoms with Crippen LogP contribution in [0.25, 0.3) is 0 Å². The molecule has 0 spiro atoms. The van der Waals surface area contributed by atoms with E-state index in [4.69, 9.17) is 0 Å². The van der Waals surface area contributed by atoms with Crippen molar-refractivity contribution in [1.82, 2.24) is 0 Å². The van der Waals surface area contributed by atoms with Crippen molar-refractivity contribution in [2.75, 3.05) is 14.2 Å². The smallest absolute Gasteiger partial charge is 0.269 e. The molecule has 0 aliphatic carbocycles. The van der Waals surface area contributed by atoms with Crippen LogP contribution >= 0.6 is 0 Å². The molecule has 0 rings (SSSR count). The highest BCUT2D eigenvalue weighted by atomic mass is 19.3. The summed E-state index contributed by atoms with van der Waals surface area (Å²) in [6, 6.07) is 0. The van der Waals surface area contributed by atoms with E-state index in [1.165, 1.54) is 26.4 Å². The lowest BCUT2D eigenvalue weighted by atomic mass is 10.1. The molecule has 0 saturated carbocycles. The Bertz CT molecular complexity index is 499. The summed E-state index contributed by atoms with van der Waals surface area (Å²) in [5, 5.41) is 0. The summed E-state index contributed by atoms with van der Waals surface area (Å²) >= 11 is 0. The molecule has 0 amide bonds. The van der Waals surface area contributed by atoms with Gasteiger partial charge < -0.3 is 9.47 Å². The summed E-state index contributed by atoms with van der Waals surface area (Å²) in [6.45, 7) is 15.5. The van der Waals surface area contributed by atoms with Crippen molar-refractivity contribution in [3.8, 4) is 0 Å². The highest BCUT2D eigenvalue weighted by Gasteiger charge is 2.22. The largest absolute Gasteiger partial charge is 0.494 e. The normalized spacial score (nSPS) is 11.8. The zero-order valence-electron chi connectivity index (χ0n) is 13.8. The molecule has 0 aromatic rings. The SMILES string of the molecule is C=C(C)/C=C\C(=C)C(C)(F)F.C=C(OC)/C(F)=C(/F)C(=C)OC. The summed E-state index contributed by atoms with van der Waals surface area (Å²) in [7, 11) is 2.37. The maximum atomic E-state index is 12.8. The van der Waals surface area contributed by atoms with Gasteiger partial charge in [-0.15, -0.1) is 0 Å². The van der Waals surface area contributed by atoms with E-state index >= 15 is 0 Å². The fourth-order valence-electron chi connectivity index (χ4n) is 0.813. The minimum atomic E-state index is -2.83. The van der Waals surface area contributed by atoms with Gasteiger partial charge in [0.25, 0.3) is 5.92 Å². The highest BCUT2D eigenvalue weighted by Crippen LogP contribution is 2.22. The third kappa shape index (κ3) is 10.2. The van der Waals surface area contributed by atoms with Gasteiger partial charge in [-0.1, -0.05) is 44.0 Å². The summed E-state index contributed by atoms with van der Waals surface area (Å²) in [6.07, 6.45) is 2.79. The van der Waals surface area contributed by atoms with E-state index in [9.17, 15) is 17.6 Å². The van der Waals surface area contributed by atoms with E-state index in [1.54, 1.807) is 6.92 Å². The van der Waals surface area contributed by atoms with Crippen LogP contribution in [0.5, 0.6) is 0 Å². The first kappa shape index (κ1) is 23.0. The molecule has 0 unspecified atom stereocenters. The molecule has 0 heterocycles. The maximum Gasteiger partial charge on any atom is 0.269 e. The Morgan fingerprint density at radius 2 is 1.22 bits per heavy atom. The van der Waals surface area contributed by atoms with Crippen LogP contribution in [-0.4, -0.2) is 20.1 Å². The van der Waals surface area contributed by atoms with E-state index in [1.807, 2.05) is 0 Å². The van der Waals surface area contributed by atoms with Crippen LogP contribution < -0.4 is 0 Å². The minimum Gasteiger partial charge on any atom is -0.494 e. The third-order valence-corrected chi connectivity index (χ3v) is 2.31. The van der Waals surface area contributed by atoms with Crippen LogP contribution in [0.2, 0.25) is 0 Å². The van der Waals surface area contributed by atoms with Gasteiger partial charge >= 0.3 is 0 Å². The van der Waals surface area contributed by atoms with Gasteiger partial charge in [0.2, 0.25) is 11.7 Å². The van der Waals surface area contributed by atoms with Crippen LogP contribution in [0.1, 0.15) is 13.8 Å². The first-order chi connectivity index (χ1) is 10.4. The Morgan fingerprint density at radius 3 is 1.43 bits per heavy atom. The molecule has 130 valence electrons. The molecule has 2 nitrogen and oxygen atoms in total. The topological polar surface area (TPSA) is 18.5 Å². The van der Waals surface area contributed by atoms with Gasteiger partial charge in [-0.05, 0) is 6.92 Å². The monoisotopic (exact) mass is 334 g/mol. The molecule has 0 radical (unpaired) electrons. The van der Waals surface area contributed by atoms with Crippen LogP contribution in [-0.2, 0) is 9.47 Å². The van der Waals surface area contributed by atoms with E-state index in [-0.39, 0.29) is 5.57 Å². The van der Waals surface area contributed by atoms with Gasteiger partial charge in [0.05, 0.1) is 14.2 Å². The van der Waals surface area contributed by atoms with E-state index in [2.05, 4.69) is 35.8 Å². The Hall–Kier alpha value is -2.24. The van der Waals surface area contributed by atoms with E-state index < -0.39 is 29.1 Å². The van der Waals surface area contributed by atoms with Crippen LogP contribution in [0.3, 0.4) is 0 Å². The quantitative estimate of drug-likeness (QED) is 0.333. The summed E-state index contributed by atoms with van der Waals surface area (Å²) < 4.78 is 59.0. The van der Waals surface area contributed by atoms with Crippen LogP contribution in [0, 0.1) is 0 Å². The molecule has 0 saturated heterocycles. The molecule has 0 bridgehead atoms. The lowest BCUT2D eigenvalue weighted by Crippen LogP contribution is -2.10. The van der Waals surface area contributed by atoms with Crippen molar-refractivity contribution in [3.63, 3.8) is 0 Å². The molecular weight excluding hydrogens is 312 g/mol. The van der Waals surface area contributed by atoms with Crippen molar-refractivity contribution in [3.05, 3.63) is 72.8 Å². The average Bonchev–Trinajstić information content (AvgIpc) is 2.48. The van der Waals surface area contributed by atoms with Crippen molar-refractivity contribution < 1.29 is 27.0 Å². The van der Waals surface area contributed by atoms with Gasteiger partial charge in [-0.25, -0.2) is 8.78 Å². The average molecular weight is 334 g/mol. The van der Waals surface area contributed by atoms with Gasteiger partial charge in [-0.2, -0.15) is 8.78 Å². The number of alkyl halides is 2. The Morgan fingerprint density at radius 1 is 0.870 bits per heavy atom. The van der Waals surface area contributed by atoms with E-state index in [0.717, 1.165) is 12.5 Å². The predicted molar refractivity (Wildman–Crippen MR) is 85.3 cm³/mol. The number of rotatable bonds is 7. The molecule has 0 atom stereocenters. The fraction of sp³-hybridized carbons (Fsp3) is 0.294. The van der Waals surface area contributed by atoms with Crippen molar-refractivity contribution in [1.29, 1.82) is 0 Å². The highest BCUT2D eigenvalue weighted by molar-refractivity contribution is 5.29. The summed E-state index contributed by atoms with van der Waals surface area (Å²) in [5.41, 5.74) is 0.538. The van der Waals surface area contributed by atoms with Crippen molar-refractivity contribution in [2.24, 2.45) is 0 Å². The molecule has 0 aromatic heterocycles. The number of hydrogen-bond donors (Lipinski definition) is 0. The fourth-order valence-corrected chi connectivity index (χ4v) is 0.813. The van der Waals surface area contributed by atoms with Crippen LogP contribution in [0.15, 0.2) is 72.8 Å². The number of hydrogen-bond acceptors (Lipinski definition) is 2. The Kier molecular flexibility index (Phi) is 10.5. The lowest BCUT2D eigenvalue weighted by molar-refractivity contribution is 0.0680. The second-order valence-electron chi connectivity index (χ2n) is 4.48. The summed E-state index contributed by atoms with van der Waals surface area (Å²) in [4.78, 5) is 0. The molecule has 0 fully saturated rings. The van der Waals surface area contributed by atoms with Crippen molar-refractivity contribution in [2.45, 2.75) is 19.8 Å². The molecule has 0 aliphatic heterocycles. The first-order valence-electron chi connectivity index (χ1n) is 6.31. The zero-order chi connectivity index (χ0) is 18.8. The molecule has 0 aliphatic rings. The van der Waals surface area contributed by atoms with Gasteiger partial charge in [0.1, 0.15) is 0 Å².